The van der Waals surface area contributed by atoms with Crippen molar-refractivity contribution in [2.75, 3.05) is 13.1 Å². The maximum Gasteiger partial charge on any atom is 0.263 e. The standard InChI is InChI=1S/C23H20ClNO3S/c24-18-5-1-15(2-6-18)20-9-10-21(29-20)23(28)25-13-11-17(12-14-25)22(27)16-3-7-19(26)8-4-16/h1-10,17,26H,11-14H2. The Labute approximate surface area is 178 Å². The fraction of sp³-hybridized carbons (Fsp3) is 0.217. The number of benzene rings is 2. The first-order chi connectivity index (χ1) is 14.0. The van der Waals surface area contributed by atoms with E-state index < -0.39 is 0 Å². The molecule has 1 aliphatic heterocycles. The molecule has 2 heterocycles. The van der Waals surface area contributed by atoms with Crippen molar-refractivity contribution in [1.29, 1.82) is 0 Å². The fourth-order valence-corrected chi connectivity index (χ4v) is 4.69. The maximum absolute atomic E-state index is 12.9. The van der Waals surface area contributed by atoms with Gasteiger partial charge in [-0.05, 0) is 66.9 Å². The average molecular weight is 426 g/mol. The van der Waals surface area contributed by atoms with Crippen LogP contribution in [0.5, 0.6) is 5.75 Å². The summed E-state index contributed by atoms with van der Waals surface area (Å²) < 4.78 is 0. The summed E-state index contributed by atoms with van der Waals surface area (Å²) in [5, 5.41) is 10.1. The molecule has 4 nitrogen and oxygen atoms in total. The fourth-order valence-electron chi connectivity index (χ4n) is 3.58. The van der Waals surface area contributed by atoms with Gasteiger partial charge < -0.3 is 10.0 Å². The van der Waals surface area contributed by atoms with Crippen LogP contribution in [-0.2, 0) is 0 Å². The zero-order valence-corrected chi connectivity index (χ0v) is 17.2. The molecule has 0 radical (unpaired) electrons. The highest BCUT2D eigenvalue weighted by Gasteiger charge is 2.29. The summed E-state index contributed by atoms with van der Waals surface area (Å²) in [7, 11) is 0. The molecular weight excluding hydrogens is 406 g/mol. The van der Waals surface area contributed by atoms with E-state index >= 15 is 0 Å². The third-order valence-electron chi connectivity index (χ3n) is 5.25. The van der Waals surface area contributed by atoms with Crippen LogP contribution in [0.4, 0.5) is 0 Å². The first kappa shape index (κ1) is 19.7. The second-order valence-corrected chi connectivity index (χ2v) is 8.67. The number of hydrogen-bond acceptors (Lipinski definition) is 4. The lowest BCUT2D eigenvalue weighted by Crippen LogP contribution is -2.40. The number of rotatable bonds is 4. The number of likely N-dealkylation sites (tertiary alicyclic amines) is 1. The summed E-state index contributed by atoms with van der Waals surface area (Å²) in [6.07, 6.45) is 1.31. The van der Waals surface area contributed by atoms with E-state index in [0.29, 0.717) is 41.4 Å². The van der Waals surface area contributed by atoms with E-state index in [0.717, 1.165) is 10.4 Å². The highest BCUT2D eigenvalue weighted by Crippen LogP contribution is 2.31. The molecule has 0 bridgehead atoms. The Bertz CT molecular complexity index is 1020. The normalized spacial score (nSPS) is 14.7. The van der Waals surface area contributed by atoms with Gasteiger partial charge in [-0.15, -0.1) is 11.3 Å². The lowest BCUT2D eigenvalue weighted by Gasteiger charge is -2.31. The summed E-state index contributed by atoms with van der Waals surface area (Å²) in [6, 6.07) is 17.8. The highest BCUT2D eigenvalue weighted by atomic mass is 35.5. The van der Waals surface area contributed by atoms with E-state index in [-0.39, 0.29) is 23.4 Å². The molecule has 1 amide bonds. The Balaban J connectivity index is 1.38. The van der Waals surface area contributed by atoms with Crippen molar-refractivity contribution in [3.63, 3.8) is 0 Å². The maximum atomic E-state index is 12.9. The number of hydrogen-bond donors (Lipinski definition) is 1. The number of carbonyl (C=O) groups is 2. The number of piperidine rings is 1. The van der Waals surface area contributed by atoms with Crippen LogP contribution in [0.15, 0.2) is 60.7 Å². The molecule has 1 saturated heterocycles. The predicted octanol–water partition coefficient (Wildman–Crippen LogP) is 5.51. The van der Waals surface area contributed by atoms with Gasteiger partial charge in [0.2, 0.25) is 0 Å². The summed E-state index contributed by atoms with van der Waals surface area (Å²) >= 11 is 7.42. The molecule has 0 unspecified atom stereocenters. The van der Waals surface area contributed by atoms with Crippen LogP contribution in [-0.4, -0.2) is 34.8 Å². The summed E-state index contributed by atoms with van der Waals surface area (Å²) in [4.78, 5) is 29.1. The lowest BCUT2D eigenvalue weighted by molar-refractivity contribution is 0.0654. The van der Waals surface area contributed by atoms with E-state index in [4.69, 9.17) is 11.6 Å². The zero-order chi connectivity index (χ0) is 20.4. The second kappa shape index (κ2) is 8.39. The van der Waals surface area contributed by atoms with Crippen LogP contribution in [0.3, 0.4) is 0 Å². The van der Waals surface area contributed by atoms with Gasteiger partial charge in [0.25, 0.3) is 5.91 Å². The van der Waals surface area contributed by atoms with Gasteiger partial charge in [-0.1, -0.05) is 23.7 Å². The number of carbonyl (C=O) groups excluding carboxylic acids is 2. The Morgan fingerprint density at radius 2 is 1.59 bits per heavy atom. The van der Waals surface area contributed by atoms with E-state index in [1.807, 2.05) is 41.3 Å². The molecule has 1 fully saturated rings. The van der Waals surface area contributed by atoms with Crippen molar-refractivity contribution in [2.45, 2.75) is 12.8 Å². The smallest absolute Gasteiger partial charge is 0.263 e. The monoisotopic (exact) mass is 425 g/mol. The average Bonchev–Trinajstić information content (AvgIpc) is 3.24. The molecule has 0 atom stereocenters. The minimum absolute atomic E-state index is 0.0192. The first-order valence-corrected chi connectivity index (χ1v) is 10.7. The number of Topliss-reactive ketones (excluding diaryl/α,β-unsaturated/α-hetero) is 1. The molecular formula is C23H20ClNO3S. The van der Waals surface area contributed by atoms with Crippen LogP contribution in [0.2, 0.25) is 5.02 Å². The molecule has 0 saturated carbocycles. The molecule has 6 heteroatoms. The first-order valence-electron chi connectivity index (χ1n) is 9.49. The number of phenols is 1. The molecule has 1 aromatic heterocycles. The predicted molar refractivity (Wildman–Crippen MR) is 116 cm³/mol. The second-order valence-electron chi connectivity index (χ2n) is 7.15. The SMILES string of the molecule is O=C(c1ccc(O)cc1)C1CCN(C(=O)c2ccc(-c3ccc(Cl)cc3)s2)CC1. The van der Waals surface area contributed by atoms with E-state index in [2.05, 4.69) is 0 Å². The molecule has 29 heavy (non-hydrogen) atoms. The summed E-state index contributed by atoms with van der Waals surface area (Å²) in [5.41, 5.74) is 1.65. The number of phenolic OH excluding ortho intramolecular Hbond substituents is 1. The lowest BCUT2D eigenvalue weighted by atomic mass is 9.89. The van der Waals surface area contributed by atoms with Crippen molar-refractivity contribution >= 4 is 34.6 Å². The van der Waals surface area contributed by atoms with Crippen molar-refractivity contribution in [1.82, 2.24) is 4.90 Å². The molecule has 0 spiro atoms. The van der Waals surface area contributed by atoms with E-state index in [9.17, 15) is 14.7 Å². The van der Waals surface area contributed by atoms with Gasteiger partial charge in [0.05, 0.1) is 4.88 Å². The number of halogens is 1. The molecule has 2 aromatic carbocycles. The van der Waals surface area contributed by atoms with Crippen molar-refractivity contribution < 1.29 is 14.7 Å². The number of amides is 1. The Morgan fingerprint density at radius 1 is 0.931 bits per heavy atom. The summed E-state index contributed by atoms with van der Waals surface area (Å²) in [5.74, 6) is 0.163. The minimum atomic E-state index is -0.0865. The van der Waals surface area contributed by atoms with Crippen molar-refractivity contribution in [2.24, 2.45) is 5.92 Å². The molecule has 148 valence electrons. The van der Waals surface area contributed by atoms with E-state index in [1.54, 1.807) is 12.1 Å². The number of aromatic hydroxyl groups is 1. The Hall–Kier alpha value is -2.63. The highest BCUT2D eigenvalue weighted by molar-refractivity contribution is 7.17. The van der Waals surface area contributed by atoms with Gasteiger partial charge in [0.1, 0.15) is 5.75 Å². The van der Waals surface area contributed by atoms with Crippen LogP contribution in [0.1, 0.15) is 32.9 Å². The van der Waals surface area contributed by atoms with Crippen LogP contribution in [0.25, 0.3) is 10.4 Å². The number of nitrogens with zero attached hydrogens (tertiary/aromatic N) is 1. The van der Waals surface area contributed by atoms with Gasteiger partial charge in [-0.25, -0.2) is 0 Å². The third-order valence-corrected chi connectivity index (χ3v) is 6.62. The zero-order valence-electron chi connectivity index (χ0n) is 15.7. The van der Waals surface area contributed by atoms with Crippen LogP contribution in [0, 0.1) is 5.92 Å². The van der Waals surface area contributed by atoms with Crippen LogP contribution >= 0.6 is 22.9 Å². The van der Waals surface area contributed by atoms with Crippen molar-refractivity contribution in [3.8, 4) is 16.2 Å². The van der Waals surface area contributed by atoms with Gasteiger partial charge in [-0.3, -0.25) is 9.59 Å². The number of thiophene rings is 1. The Kier molecular flexibility index (Phi) is 5.69. The molecule has 1 aliphatic rings. The van der Waals surface area contributed by atoms with Crippen LogP contribution < -0.4 is 0 Å². The largest absolute Gasteiger partial charge is 0.508 e. The molecule has 3 aromatic rings. The van der Waals surface area contributed by atoms with Gasteiger partial charge in [0, 0.05) is 34.5 Å². The third kappa shape index (κ3) is 4.36. The van der Waals surface area contributed by atoms with Crippen molar-refractivity contribution in [3.05, 3.63) is 76.1 Å². The quantitative estimate of drug-likeness (QED) is 0.561. The number of ketones is 1. The molecule has 4 rings (SSSR count). The molecule has 0 aliphatic carbocycles. The summed E-state index contributed by atoms with van der Waals surface area (Å²) in [6.45, 7) is 1.14. The minimum Gasteiger partial charge on any atom is -0.508 e. The topological polar surface area (TPSA) is 57.6 Å². The Morgan fingerprint density at radius 3 is 2.24 bits per heavy atom. The molecule has 1 N–H and O–H groups in total. The van der Waals surface area contributed by atoms with Gasteiger partial charge >= 0.3 is 0 Å². The van der Waals surface area contributed by atoms with Gasteiger partial charge in [-0.2, -0.15) is 0 Å². The van der Waals surface area contributed by atoms with Gasteiger partial charge in [0.15, 0.2) is 5.78 Å². The van der Waals surface area contributed by atoms with E-state index in [1.165, 1.54) is 23.5 Å².